The van der Waals surface area contributed by atoms with E-state index in [1.54, 1.807) is 0 Å². The average molecular weight is 317 g/mol. The smallest absolute Gasteiger partial charge is 0.325 e. The fraction of sp³-hybridized carbons (Fsp3) is 0.412. The van der Waals surface area contributed by atoms with Crippen LogP contribution in [0.3, 0.4) is 0 Å². The zero-order chi connectivity index (χ0) is 16.1. The molecule has 0 fully saturated rings. The lowest BCUT2D eigenvalue weighted by Crippen LogP contribution is -2.31. The van der Waals surface area contributed by atoms with E-state index in [1.807, 2.05) is 18.3 Å². The Hall–Kier alpha value is -1.88. The van der Waals surface area contributed by atoms with Crippen LogP contribution in [-0.2, 0) is 6.42 Å². The average Bonchev–Trinajstić information content (AvgIpc) is 2.96. The van der Waals surface area contributed by atoms with Crippen LogP contribution in [0.2, 0.25) is 0 Å². The third-order valence-corrected chi connectivity index (χ3v) is 4.79. The largest absolute Gasteiger partial charge is 0.351 e. The molecule has 0 saturated heterocycles. The van der Waals surface area contributed by atoms with Crippen molar-refractivity contribution in [3.63, 3.8) is 0 Å². The molecule has 22 heavy (non-hydrogen) atoms. The van der Waals surface area contributed by atoms with Crippen molar-refractivity contribution >= 4 is 28.2 Å². The van der Waals surface area contributed by atoms with E-state index in [9.17, 15) is 4.79 Å². The highest BCUT2D eigenvalue weighted by molar-refractivity contribution is 7.15. The highest BCUT2D eigenvalue weighted by atomic mass is 32.1. The SMILES string of the molecule is CCCCc1ccc(N(C(N)=O)c2ncc(C(C)C)s2)cc1. The number of urea groups is 1. The first kappa shape index (κ1) is 16.5. The first-order valence-corrected chi connectivity index (χ1v) is 8.48. The summed E-state index contributed by atoms with van der Waals surface area (Å²) in [6.45, 7) is 6.39. The van der Waals surface area contributed by atoms with Crippen molar-refractivity contribution in [2.75, 3.05) is 4.90 Å². The van der Waals surface area contributed by atoms with Crippen LogP contribution in [-0.4, -0.2) is 11.0 Å². The molecule has 118 valence electrons. The lowest BCUT2D eigenvalue weighted by molar-refractivity contribution is 0.256. The highest BCUT2D eigenvalue weighted by Gasteiger charge is 2.19. The topological polar surface area (TPSA) is 59.2 Å². The van der Waals surface area contributed by atoms with Gasteiger partial charge in [0, 0.05) is 11.1 Å². The summed E-state index contributed by atoms with van der Waals surface area (Å²) in [6.07, 6.45) is 5.22. The molecule has 0 radical (unpaired) electrons. The summed E-state index contributed by atoms with van der Waals surface area (Å²) >= 11 is 1.50. The molecule has 2 aromatic rings. The molecule has 0 unspecified atom stereocenters. The number of amides is 2. The predicted molar refractivity (Wildman–Crippen MR) is 93.0 cm³/mol. The summed E-state index contributed by atoms with van der Waals surface area (Å²) in [4.78, 5) is 18.8. The van der Waals surface area contributed by atoms with Gasteiger partial charge in [-0.3, -0.25) is 0 Å². The number of nitrogens with two attached hydrogens (primary N) is 1. The summed E-state index contributed by atoms with van der Waals surface area (Å²) in [5, 5.41) is 0.623. The maximum absolute atomic E-state index is 11.9. The lowest BCUT2D eigenvalue weighted by Gasteiger charge is -2.17. The van der Waals surface area contributed by atoms with Gasteiger partial charge in [-0.2, -0.15) is 0 Å². The van der Waals surface area contributed by atoms with Crippen LogP contribution < -0.4 is 10.6 Å². The number of nitrogens with zero attached hydrogens (tertiary/aromatic N) is 2. The zero-order valence-electron chi connectivity index (χ0n) is 13.4. The lowest BCUT2D eigenvalue weighted by atomic mass is 10.1. The minimum absolute atomic E-state index is 0.386. The number of aromatic nitrogens is 1. The predicted octanol–water partition coefficient (Wildman–Crippen LogP) is 4.83. The number of hydrogen-bond acceptors (Lipinski definition) is 3. The zero-order valence-corrected chi connectivity index (χ0v) is 14.2. The Morgan fingerprint density at radius 3 is 2.50 bits per heavy atom. The molecule has 1 heterocycles. The number of carbonyl (C=O) groups is 1. The molecule has 0 saturated carbocycles. The second kappa shape index (κ2) is 7.40. The van der Waals surface area contributed by atoms with E-state index in [1.165, 1.54) is 34.6 Å². The van der Waals surface area contributed by atoms with E-state index < -0.39 is 6.03 Å². The minimum atomic E-state index is -0.508. The molecule has 5 heteroatoms. The Kier molecular flexibility index (Phi) is 5.55. The number of thiazole rings is 1. The van der Waals surface area contributed by atoms with E-state index in [2.05, 4.69) is 37.9 Å². The van der Waals surface area contributed by atoms with E-state index in [4.69, 9.17) is 5.73 Å². The molecule has 0 aliphatic rings. The van der Waals surface area contributed by atoms with Crippen molar-refractivity contribution in [3.8, 4) is 0 Å². The van der Waals surface area contributed by atoms with Crippen molar-refractivity contribution in [2.24, 2.45) is 5.73 Å². The third-order valence-electron chi connectivity index (χ3n) is 3.51. The maximum atomic E-state index is 11.9. The molecule has 2 N–H and O–H groups in total. The van der Waals surface area contributed by atoms with Crippen molar-refractivity contribution in [1.29, 1.82) is 0 Å². The number of anilines is 2. The second-order valence-corrected chi connectivity index (χ2v) is 6.68. The van der Waals surface area contributed by atoms with Crippen LogP contribution in [0.4, 0.5) is 15.6 Å². The Morgan fingerprint density at radius 1 is 1.32 bits per heavy atom. The van der Waals surface area contributed by atoms with Gasteiger partial charge in [0.15, 0.2) is 5.13 Å². The van der Waals surface area contributed by atoms with Gasteiger partial charge in [0.05, 0.1) is 5.69 Å². The van der Waals surface area contributed by atoms with E-state index >= 15 is 0 Å². The number of rotatable bonds is 6. The number of hydrogen-bond donors (Lipinski definition) is 1. The normalized spacial score (nSPS) is 10.9. The Labute approximate surface area is 136 Å². The van der Waals surface area contributed by atoms with Gasteiger partial charge in [0.2, 0.25) is 0 Å². The summed E-state index contributed by atoms with van der Waals surface area (Å²) < 4.78 is 0. The van der Waals surface area contributed by atoms with Crippen LogP contribution in [0.1, 0.15) is 50.0 Å². The van der Waals surface area contributed by atoms with Crippen molar-refractivity contribution < 1.29 is 4.79 Å². The van der Waals surface area contributed by atoms with Crippen molar-refractivity contribution in [2.45, 2.75) is 46.0 Å². The van der Waals surface area contributed by atoms with Gasteiger partial charge >= 0.3 is 6.03 Å². The van der Waals surface area contributed by atoms with Gasteiger partial charge in [-0.15, -0.1) is 11.3 Å². The van der Waals surface area contributed by atoms with Gasteiger partial charge in [-0.25, -0.2) is 14.7 Å². The molecule has 2 rings (SSSR count). The van der Waals surface area contributed by atoms with Crippen LogP contribution in [0.15, 0.2) is 30.5 Å². The van der Waals surface area contributed by atoms with Crippen LogP contribution >= 0.6 is 11.3 Å². The molecule has 0 bridgehead atoms. The molecular formula is C17H23N3OS. The molecule has 1 aromatic heterocycles. The van der Waals surface area contributed by atoms with Gasteiger partial charge in [0.25, 0.3) is 0 Å². The second-order valence-electron chi connectivity index (χ2n) is 5.64. The Balaban J connectivity index is 2.25. The van der Waals surface area contributed by atoms with E-state index in [-0.39, 0.29) is 0 Å². The van der Waals surface area contributed by atoms with Gasteiger partial charge in [-0.1, -0.05) is 39.3 Å². The fourth-order valence-corrected chi connectivity index (χ4v) is 3.12. The molecule has 0 atom stereocenters. The molecule has 0 aliphatic carbocycles. The maximum Gasteiger partial charge on any atom is 0.325 e. The third kappa shape index (κ3) is 3.85. The number of primary amides is 1. The fourth-order valence-electron chi connectivity index (χ4n) is 2.17. The molecule has 2 amide bonds. The number of benzene rings is 1. The van der Waals surface area contributed by atoms with Crippen LogP contribution in [0.25, 0.3) is 0 Å². The van der Waals surface area contributed by atoms with Crippen molar-refractivity contribution in [3.05, 3.63) is 40.9 Å². The number of unbranched alkanes of at least 4 members (excludes halogenated alkanes) is 1. The van der Waals surface area contributed by atoms with Gasteiger partial charge in [-0.05, 0) is 36.5 Å². The van der Waals surface area contributed by atoms with Crippen LogP contribution in [0.5, 0.6) is 0 Å². The van der Waals surface area contributed by atoms with E-state index in [0.717, 1.165) is 17.0 Å². The molecular weight excluding hydrogens is 294 g/mol. The Morgan fingerprint density at radius 2 is 2.00 bits per heavy atom. The monoisotopic (exact) mass is 317 g/mol. The Bertz CT molecular complexity index is 619. The van der Waals surface area contributed by atoms with Crippen LogP contribution in [0, 0.1) is 0 Å². The standard InChI is InChI=1S/C17H23N3OS/c1-4-5-6-13-7-9-14(10-8-13)20(16(18)21)17-19-11-15(22-17)12(2)3/h7-12H,4-6H2,1-3H3,(H2,18,21). The summed E-state index contributed by atoms with van der Waals surface area (Å²) in [5.74, 6) is 0.386. The number of aryl methyl sites for hydroxylation is 1. The first-order valence-electron chi connectivity index (χ1n) is 7.67. The summed E-state index contributed by atoms with van der Waals surface area (Å²) in [7, 11) is 0. The minimum Gasteiger partial charge on any atom is -0.351 e. The molecule has 0 spiro atoms. The first-order chi connectivity index (χ1) is 10.5. The number of carbonyl (C=O) groups excluding carboxylic acids is 1. The van der Waals surface area contributed by atoms with Gasteiger partial charge in [0.1, 0.15) is 0 Å². The molecule has 4 nitrogen and oxygen atoms in total. The highest BCUT2D eigenvalue weighted by Crippen LogP contribution is 2.32. The van der Waals surface area contributed by atoms with Crippen molar-refractivity contribution in [1.82, 2.24) is 4.98 Å². The molecule has 0 aliphatic heterocycles. The summed E-state index contributed by atoms with van der Waals surface area (Å²) in [6, 6.07) is 7.47. The van der Waals surface area contributed by atoms with Gasteiger partial charge < -0.3 is 5.73 Å². The quantitative estimate of drug-likeness (QED) is 0.830. The summed E-state index contributed by atoms with van der Waals surface area (Å²) in [5.41, 5.74) is 7.59. The molecule has 1 aromatic carbocycles. The van der Waals surface area contributed by atoms with E-state index in [0.29, 0.717) is 11.0 Å².